The van der Waals surface area contributed by atoms with Crippen LogP contribution in [0.1, 0.15) is 43.2 Å². The van der Waals surface area contributed by atoms with Crippen molar-refractivity contribution in [3.63, 3.8) is 0 Å². The Balaban J connectivity index is 1.32. The van der Waals surface area contributed by atoms with Gasteiger partial charge in [-0.2, -0.15) is 0 Å². The van der Waals surface area contributed by atoms with E-state index < -0.39 is 11.0 Å². The monoisotopic (exact) mass is 422 g/mol. The van der Waals surface area contributed by atoms with Crippen molar-refractivity contribution < 1.29 is 18.7 Å². The summed E-state index contributed by atoms with van der Waals surface area (Å²) in [4.78, 5) is 29.9. The van der Waals surface area contributed by atoms with Crippen molar-refractivity contribution in [3.8, 4) is 0 Å². The highest BCUT2D eigenvalue weighted by Crippen LogP contribution is 2.44. The molecule has 2 saturated heterocycles. The van der Waals surface area contributed by atoms with Crippen LogP contribution in [0.3, 0.4) is 0 Å². The number of halogens is 1. The fraction of sp³-hybridized carbons (Fsp3) is 0.440. The average Bonchev–Trinajstić information content (AvgIpc) is 3.49. The van der Waals surface area contributed by atoms with E-state index in [0.29, 0.717) is 32.6 Å². The van der Waals surface area contributed by atoms with Crippen molar-refractivity contribution >= 4 is 12.0 Å². The summed E-state index contributed by atoms with van der Waals surface area (Å²) >= 11 is 0. The average molecular weight is 423 g/mol. The molecule has 3 aliphatic rings. The Labute approximate surface area is 181 Å². The smallest absolute Gasteiger partial charge is 0.410 e. The van der Waals surface area contributed by atoms with Crippen molar-refractivity contribution in [1.82, 2.24) is 9.80 Å². The minimum absolute atomic E-state index is 0.0889. The Morgan fingerprint density at radius 3 is 2.39 bits per heavy atom. The highest BCUT2D eigenvalue weighted by Gasteiger charge is 2.54. The molecule has 0 unspecified atom stereocenters. The molecule has 2 heterocycles. The van der Waals surface area contributed by atoms with Crippen LogP contribution in [0.25, 0.3) is 0 Å². The number of ether oxygens (including phenoxy) is 1. The maximum atomic E-state index is 13.7. The zero-order valence-electron chi connectivity index (χ0n) is 17.6. The van der Waals surface area contributed by atoms with E-state index in [2.05, 4.69) is 0 Å². The molecule has 0 bridgehead atoms. The molecule has 162 valence electrons. The molecule has 1 aliphatic carbocycles. The van der Waals surface area contributed by atoms with Gasteiger partial charge in [0.25, 0.3) is 0 Å². The fourth-order valence-electron chi connectivity index (χ4n) is 5.53. The third-order valence-corrected chi connectivity index (χ3v) is 7.12. The molecule has 2 amide bonds. The van der Waals surface area contributed by atoms with Crippen LogP contribution in [0.2, 0.25) is 0 Å². The number of amides is 2. The third-order valence-electron chi connectivity index (χ3n) is 7.12. The molecule has 5 nitrogen and oxygen atoms in total. The summed E-state index contributed by atoms with van der Waals surface area (Å²) in [5.74, 6) is -0.202. The number of hydrogen-bond acceptors (Lipinski definition) is 3. The van der Waals surface area contributed by atoms with Gasteiger partial charge in [0.1, 0.15) is 5.82 Å². The van der Waals surface area contributed by atoms with E-state index in [1.807, 2.05) is 35.2 Å². The molecule has 5 rings (SSSR count). The standard InChI is InChI=1S/C25H27FN2O3/c26-21-10-8-20(9-11-21)25(12-4-5-13-25)22(29)27-15-14-24(17-27)18-28(23(30)31-24)16-19-6-2-1-3-7-19/h1-3,6-11H,4-5,12-18H2/t24-/m1/s1. The van der Waals surface area contributed by atoms with Crippen molar-refractivity contribution in [2.75, 3.05) is 19.6 Å². The normalized spacial score (nSPS) is 24.7. The number of carbonyl (C=O) groups is 2. The van der Waals surface area contributed by atoms with Gasteiger partial charge in [-0.05, 0) is 36.1 Å². The minimum Gasteiger partial charge on any atom is -0.439 e. The van der Waals surface area contributed by atoms with Gasteiger partial charge < -0.3 is 9.64 Å². The first-order chi connectivity index (χ1) is 15.0. The van der Waals surface area contributed by atoms with Crippen molar-refractivity contribution in [2.24, 2.45) is 0 Å². The molecule has 1 saturated carbocycles. The van der Waals surface area contributed by atoms with Crippen molar-refractivity contribution in [2.45, 2.75) is 49.7 Å². The summed E-state index contributed by atoms with van der Waals surface area (Å²) in [6, 6.07) is 16.2. The molecule has 2 aromatic carbocycles. The molecule has 3 fully saturated rings. The van der Waals surface area contributed by atoms with Gasteiger partial charge in [0, 0.05) is 19.5 Å². The van der Waals surface area contributed by atoms with E-state index in [4.69, 9.17) is 4.74 Å². The van der Waals surface area contributed by atoms with Crippen molar-refractivity contribution in [3.05, 3.63) is 71.5 Å². The number of hydrogen-bond donors (Lipinski definition) is 0. The summed E-state index contributed by atoms with van der Waals surface area (Å²) < 4.78 is 19.3. The molecular formula is C25H27FN2O3. The van der Waals surface area contributed by atoms with Gasteiger partial charge in [-0.3, -0.25) is 9.69 Å². The molecule has 0 radical (unpaired) electrons. The van der Waals surface area contributed by atoms with E-state index in [1.165, 1.54) is 12.1 Å². The first-order valence-corrected chi connectivity index (χ1v) is 11.1. The first kappa shape index (κ1) is 20.0. The predicted octanol–water partition coefficient (Wildman–Crippen LogP) is 4.26. The van der Waals surface area contributed by atoms with Crippen LogP contribution in [-0.4, -0.2) is 47.0 Å². The van der Waals surface area contributed by atoms with Gasteiger partial charge in [0.15, 0.2) is 5.60 Å². The Hall–Kier alpha value is -2.89. The summed E-state index contributed by atoms with van der Waals surface area (Å²) in [6.45, 7) is 2.00. The van der Waals surface area contributed by atoms with E-state index in [9.17, 15) is 14.0 Å². The molecular weight excluding hydrogens is 395 g/mol. The SMILES string of the molecule is O=C1O[C@@]2(CCN(C(=O)C3(c4ccc(F)cc4)CCCC3)C2)CN1Cc1ccccc1. The lowest BCUT2D eigenvalue weighted by Gasteiger charge is -2.33. The lowest BCUT2D eigenvalue weighted by Crippen LogP contribution is -2.47. The highest BCUT2D eigenvalue weighted by atomic mass is 19.1. The molecule has 1 spiro atoms. The van der Waals surface area contributed by atoms with Crippen LogP contribution < -0.4 is 0 Å². The van der Waals surface area contributed by atoms with Crippen LogP contribution >= 0.6 is 0 Å². The molecule has 31 heavy (non-hydrogen) atoms. The Bertz CT molecular complexity index is 972. The molecule has 6 heteroatoms. The van der Waals surface area contributed by atoms with E-state index in [-0.39, 0.29) is 17.8 Å². The topological polar surface area (TPSA) is 49.9 Å². The van der Waals surface area contributed by atoms with Gasteiger partial charge in [0.05, 0.1) is 18.5 Å². The number of benzene rings is 2. The highest BCUT2D eigenvalue weighted by molar-refractivity contribution is 5.89. The second-order valence-corrected chi connectivity index (χ2v) is 9.17. The second-order valence-electron chi connectivity index (χ2n) is 9.17. The molecule has 2 aromatic rings. The fourth-order valence-corrected chi connectivity index (χ4v) is 5.53. The van der Waals surface area contributed by atoms with Gasteiger partial charge in [-0.15, -0.1) is 0 Å². The number of nitrogens with zero attached hydrogens (tertiary/aromatic N) is 2. The van der Waals surface area contributed by atoms with Gasteiger partial charge in [-0.25, -0.2) is 9.18 Å². The molecule has 0 N–H and O–H groups in total. The van der Waals surface area contributed by atoms with Crippen LogP contribution in [0.4, 0.5) is 9.18 Å². The summed E-state index contributed by atoms with van der Waals surface area (Å²) in [7, 11) is 0. The quantitative estimate of drug-likeness (QED) is 0.740. The largest absolute Gasteiger partial charge is 0.439 e. The Morgan fingerprint density at radius 1 is 0.968 bits per heavy atom. The lowest BCUT2D eigenvalue weighted by atomic mass is 9.77. The summed E-state index contributed by atoms with van der Waals surface area (Å²) in [6.07, 6.45) is 3.87. The molecule has 2 aliphatic heterocycles. The van der Waals surface area contributed by atoms with Gasteiger partial charge in [0.2, 0.25) is 5.91 Å². The maximum absolute atomic E-state index is 13.7. The van der Waals surface area contributed by atoms with E-state index in [0.717, 1.165) is 36.8 Å². The zero-order valence-corrected chi connectivity index (χ0v) is 17.6. The third kappa shape index (κ3) is 3.58. The van der Waals surface area contributed by atoms with Crippen LogP contribution in [-0.2, 0) is 21.5 Å². The maximum Gasteiger partial charge on any atom is 0.410 e. The number of carbonyl (C=O) groups excluding carboxylic acids is 2. The van der Waals surface area contributed by atoms with Crippen LogP contribution in [0.5, 0.6) is 0 Å². The second kappa shape index (κ2) is 7.66. The van der Waals surface area contributed by atoms with E-state index in [1.54, 1.807) is 17.0 Å². The van der Waals surface area contributed by atoms with Gasteiger partial charge >= 0.3 is 6.09 Å². The summed E-state index contributed by atoms with van der Waals surface area (Å²) in [5, 5.41) is 0. The number of likely N-dealkylation sites (tertiary alicyclic amines) is 1. The lowest BCUT2D eigenvalue weighted by molar-refractivity contribution is -0.137. The Morgan fingerprint density at radius 2 is 1.68 bits per heavy atom. The molecule has 0 aromatic heterocycles. The van der Waals surface area contributed by atoms with Gasteiger partial charge in [-0.1, -0.05) is 55.3 Å². The van der Waals surface area contributed by atoms with Crippen LogP contribution in [0, 0.1) is 5.82 Å². The number of rotatable bonds is 4. The predicted molar refractivity (Wildman–Crippen MR) is 114 cm³/mol. The molecule has 1 atom stereocenters. The van der Waals surface area contributed by atoms with Crippen LogP contribution in [0.15, 0.2) is 54.6 Å². The van der Waals surface area contributed by atoms with E-state index >= 15 is 0 Å². The summed E-state index contributed by atoms with van der Waals surface area (Å²) in [5.41, 5.74) is 0.727. The zero-order chi connectivity index (χ0) is 21.5. The van der Waals surface area contributed by atoms with Crippen molar-refractivity contribution in [1.29, 1.82) is 0 Å². The minimum atomic E-state index is -0.635. The first-order valence-electron chi connectivity index (χ1n) is 11.1. The Kier molecular flexibility index (Phi) is 4.95.